The molecule has 19 heavy (non-hydrogen) atoms. The van der Waals surface area contributed by atoms with Crippen LogP contribution in [0.15, 0.2) is 4.52 Å². The van der Waals surface area contributed by atoms with Gasteiger partial charge in [-0.3, -0.25) is 9.59 Å². The second-order valence-electron chi connectivity index (χ2n) is 5.03. The Kier molecular flexibility index (Phi) is 3.82. The summed E-state index contributed by atoms with van der Waals surface area (Å²) in [6.45, 7) is 4.62. The molecule has 2 heterocycles. The number of rotatable bonds is 5. The van der Waals surface area contributed by atoms with E-state index in [9.17, 15) is 9.59 Å². The summed E-state index contributed by atoms with van der Waals surface area (Å²) in [5, 5.41) is 12.7. The van der Waals surface area contributed by atoms with Crippen molar-refractivity contribution >= 4 is 11.9 Å². The van der Waals surface area contributed by atoms with Crippen molar-refractivity contribution in [3.05, 3.63) is 11.7 Å². The van der Waals surface area contributed by atoms with E-state index in [-0.39, 0.29) is 24.8 Å². The Hall–Kier alpha value is -1.92. The van der Waals surface area contributed by atoms with Crippen LogP contribution >= 0.6 is 0 Å². The highest BCUT2D eigenvalue weighted by Gasteiger charge is 2.34. The molecule has 0 radical (unpaired) electrons. The summed E-state index contributed by atoms with van der Waals surface area (Å²) in [5.74, 6) is -0.322. The third-order valence-corrected chi connectivity index (χ3v) is 3.16. The lowest BCUT2D eigenvalue weighted by Crippen LogP contribution is -2.28. The Labute approximate surface area is 110 Å². The highest BCUT2D eigenvalue weighted by Crippen LogP contribution is 2.18. The molecule has 1 fully saturated rings. The minimum Gasteiger partial charge on any atom is -0.481 e. The van der Waals surface area contributed by atoms with Gasteiger partial charge in [0.05, 0.1) is 5.92 Å². The highest BCUT2D eigenvalue weighted by molar-refractivity contribution is 5.86. The molecule has 1 N–H and O–H groups in total. The predicted octanol–water partition coefficient (Wildman–Crippen LogP) is 0.669. The molecule has 1 aliphatic heterocycles. The number of carbonyl (C=O) groups excluding carboxylic acids is 1. The summed E-state index contributed by atoms with van der Waals surface area (Å²) in [7, 11) is 0. The van der Waals surface area contributed by atoms with E-state index in [1.807, 2.05) is 13.8 Å². The van der Waals surface area contributed by atoms with Crippen LogP contribution in [0.25, 0.3) is 0 Å². The van der Waals surface area contributed by atoms with Crippen LogP contribution in [-0.4, -0.2) is 45.1 Å². The van der Waals surface area contributed by atoms with Gasteiger partial charge in [0.1, 0.15) is 0 Å². The maximum atomic E-state index is 11.6. The van der Waals surface area contributed by atoms with Crippen LogP contribution in [0.5, 0.6) is 0 Å². The zero-order valence-corrected chi connectivity index (χ0v) is 11.0. The summed E-state index contributed by atoms with van der Waals surface area (Å²) >= 11 is 0. The number of likely N-dealkylation sites (tertiary alicyclic amines) is 1. The van der Waals surface area contributed by atoms with Gasteiger partial charge in [0.15, 0.2) is 5.82 Å². The number of carboxylic acids is 1. The summed E-state index contributed by atoms with van der Waals surface area (Å²) in [5.41, 5.74) is 0. The Morgan fingerprint density at radius 2 is 2.32 bits per heavy atom. The first-order chi connectivity index (χ1) is 8.97. The lowest BCUT2D eigenvalue weighted by Gasteiger charge is -2.14. The number of aromatic nitrogens is 2. The number of nitrogens with zero attached hydrogens (tertiary/aromatic N) is 3. The van der Waals surface area contributed by atoms with Crippen molar-refractivity contribution in [1.82, 2.24) is 15.0 Å². The molecule has 0 spiro atoms. The van der Waals surface area contributed by atoms with Gasteiger partial charge in [-0.2, -0.15) is 4.98 Å². The molecule has 1 aliphatic rings. The van der Waals surface area contributed by atoms with Crippen molar-refractivity contribution in [3.8, 4) is 0 Å². The fourth-order valence-electron chi connectivity index (χ4n) is 1.99. The van der Waals surface area contributed by atoms with E-state index >= 15 is 0 Å². The van der Waals surface area contributed by atoms with E-state index in [1.54, 1.807) is 0 Å². The van der Waals surface area contributed by atoms with Crippen LogP contribution in [-0.2, 0) is 16.0 Å². The van der Waals surface area contributed by atoms with Crippen LogP contribution in [0.2, 0.25) is 0 Å². The summed E-state index contributed by atoms with van der Waals surface area (Å²) in [6.07, 6.45) is 0.536. The smallest absolute Gasteiger partial charge is 0.308 e. The van der Waals surface area contributed by atoms with Crippen molar-refractivity contribution < 1.29 is 19.2 Å². The average molecular weight is 267 g/mol. The molecule has 1 amide bonds. The minimum atomic E-state index is -0.921. The zero-order chi connectivity index (χ0) is 14.0. The third kappa shape index (κ3) is 3.10. The SMILES string of the molecule is CC(C)c1noc(CCN2C[C@@H](C(=O)O)CC2=O)n1. The molecule has 0 saturated carbocycles. The maximum Gasteiger partial charge on any atom is 0.308 e. The third-order valence-electron chi connectivity index (χ3n) is 3.16. The van der Waals surface area contributed by atoms with E-state index < -0.39 is 11.9 Å². The molecule has 1 saturated heterocycles. The van der Waals surface area contributed by atoms with Gasteiger partial charge in [0.2, 0.25) is 11.8 Å². The first-order valence-electron chi connectivity index (χ1n) is 6.30. The van der Waals surface area contributed by atoms with Gasteiger partial charge in [-0.05, 0) is 0 Å². The number of amides is 1. The van der Waals surface area contributed by atoms with Crippen molar-refractivity contribution in [2.75, 3.05) is 13.1 Å². The van der Waals surface area contributed by atoms with E-state index in [4.69, 9.17) is 9.63 Å². The van der Waals surface area contributed by atoms with E-state index in [0.717, 1.165) is 0 Å². The molecular formula is C12H17N3O4. The maximum absolute atomic E-state index is 11.6. The molecule has 1 aromatic heterocycles. The number of carboxylic acid groups (broad SMARTS) is 1. The molecule has 7 nitrogen and oxygen atoms in total. The number of aliphatic carboxylic acids is 1. The fraction of sp³-hybridized carbons (Fsp3) is 0.667. The van der Waals surface area contributed by atoms with Gasteiger partial charge < -0.3 is 14.5 Å². The monoisotopic (exact) mass is 267 g/mol. The van der Waals surface area contributed by atoms with E-state index in [2.05, 4.69) is 10.1 Å². The summed E-state index contributed by atoms with van der Waals surface area (Å²) in [6, 6.07) is 0. The van der Waals surface area contributed by atoms with E-state index in [0.29, 0.717) is 24.7 Å². The van der Waals surface area contributed by atoms with E-state index in [1.165, 1.54) is 4.90 Å². The quantitative estimate of drug-likeness (QED) is 0.842. The number of carbonyl (C=O) groups is 2. The van der Waals surface area contributed by atoms with Crippen molar-refractivity contribution in [3.63, 3.8) is 0 Å². The topological polar surface area (TPSA) is 96.5 Å². The lowest BCUT2D eigenvalue weighted by molar-refractivity contribution is -0.141. The molecule has 0 aliphatic carbocycles. The molecule has 0 aromatic carbocycles. The van der Waals surface area contributed by atoms with Crippen molar-refractivity contribution in [1.29, 1.82) is 0 Å². The second-order valence-corrected chi connectivity index (χ2v) is 5.03. The lowest BCUT2D eigenvalue weighted by atomic mass is 10.1. The van der Waals surface area contributed by atoms with Crippen molar-refractivity contribution in [2.24, 2.45) is 5.92 Å². The van der Waals surface area contributed by atoms with Gasteiger partial charge in [0.25, 0.3) is 0 Å². The molecule has 0 unspecified atom stereocenters. The predicted molar refractivity (Wildman–Crippen MR) is 64.4 cm³/mol. The molecule has 2 rings (SSSR count). The molecule has 1 aromatic rings. The summed E-state index contributed by atoms with van der Waals surface area (Å²) in [4.78, 5) is 28.2. The average Bonchev–Trinajstić information content (AvgIpc) is 2.93. The molecule has 1 atom stereocenters. The van der Waals surface area contributed by atoms with Crippen LogP contribution < -0.4 is 0 Å². The number of hydrogen-bond donors (Lipinski definition) is 1. The fourth-order valence-corrected chi connectivity index (χ4v) is 1.99. The Morgan fingerprint density at radius 1 is 1.58 bits per heavy atom. The van der Waals surface area contributed by atoms with Crippen LogP contribution in [0.1, 0.15) is 37.9 Å². The van der Waals surface area contributed by atoms with Crippen molar-refractivity contribution in [2.45, 2.75) is 32.6 Å². The van der Waals surface area contributed by atoms with Gasteiger partial charge in [0, 0.05) is 31.8 Å². The highest BCUT2D eigenvalue weighted by atomic mass is 16.5. The van der Waals surface area contributed by atoms with Crippen LogP contribution in [0.4, 0.5) is 0 Å². The number of hydrogen-bond acceptors (Lipinski definition) is 5. The molecule has 0 bridgehead atoms. The molecule has 104 valence electrons. The van der Waals surface area contributed by atoms with Gasteiger partial charge >= 0.3 is 5.97 Å². The Bertz CT molecular complexity index is 483. The Morgan fingerprint density at radius 3 is 2.84 bits per heavy atom. The van der Waals surface area contributed by atoms with Crippen LogP contribution in [0, 0.1) is 5.92 Å². The largest absolute Gasteiger partial charge is 0.481 e. The second kappa shape index (κ2) is 5.38. The van der Waals surface area contributed by atoms with Gasteiger partial charge in [-0.25, -0.2) is 0 Å². The standard InChI is InChI=1S/C12H17N3O4/c1-7(2)11-13-9(19-14-11)3-4-15-6-8(12(17)18)5-10(15)16/h7-8H,3-6H2,1-2H3,(H,17,18)/t8-/m0/s1. The molecule has 7 heteroatoms. The zero-order valence-electron chi connectivity index (χ0n) is 11.0. The van der Waals surface area contributed by atoms with Gasteiger partial charge in [-0.1, -0.05) is 19.0 Å². The van der Waals surface area contributed by atoms with Gasteiger partial charge in [-0.15, -0.1) is 0 Å². The first kappa shape index (κ1) is 13.5. The molecular weight excluding hydrogens is 250 g/mol. The summed E-state index contributed by atoms with van der Waals surface area (Å²) < 4.78 is 5.08. The Balaban J connectivity index is 1.88. The minimum absolute atomic E-state index is 0.0798. The normalized spacial score (nSPS) is 19.4. The first-order valence-corrected chi connectivity index (χ1v) is 6.30. The van der Waals surface area contributed by atoms with Crippen LogP contribution in [0.3, 0.4) is 0 Å².